The molecule has 0 atom stereocenters. The van der Waals surface area contributed by atoms with E-state index in [2.05, 4.69) is 20.1 Å². The second-order valence-electron chi connectivity index (χ2n) is 4.49. The zero-order chi connectivity index (χ0) is 15.3. The Balaban J connectivity index is 2.26. The van der Waals surface area contributed by atoms with Crippen LogP contribution in [0.1, 0.15) is 20.3 Å². The van der Waals surface area contributed by atoms with Crippen LogP contribution < -0.4 is 10.0 Å². The summed E-state index contributed by atoms with van der Waals surface area (Å²) in [6.45, 7) is 5.32. The summed E-state index contributed by atoms with van der Waals surface area (Å²) >= 11 is 0. The number of pyridine rings is 1. The Labute approximate surface area is 124 Å². The third-order valence-electron chi connectivity index (χ3n) is 2.85. The summed E-state index contributed by atoms with van der Waals surface area (Å²) in [5.41, 5.74) is 0.976. The van der Waals surface area contributed by atoms with Crippen molar-refractivity contribution >= 4 is 21.4 Å². The Morgan fingerprint density at radius 3 is 2.76 bits per heavy atom. The highest BCUT2D eigenvalue weighted by atomic mass is 32.2. The van der Waals surface area contributed by atoms with Crippen LogP contribution in [-0.2, 0) is 16.6 Å². The van der Waals surface area contributed by atoms with Crippen molar-refractivity contribution in [2.45, 2.75) is 31.7 Å². The summed E-state index contributed by atoms with van der Waals surface area (Å²) in [6.07, 6.45) is 6.93. The molecule has 0 aromatic carbocycles. The maximum Gasteiger partial charge on any atom is 0.265 e. The number of nitrogens with one attached hydrogen (secondary N) is 2. The van der Waals surface area contributed by atoms with E-state index in [0.29, 0.717) is 24.5 Å². The molecule has 21 heavy (non-hydrogen) atoms. The minimum Gasteiger partial charge on any atom is -0.384 e. The Kier molecular flexibility index (Phi) is 4.79. The molecule has 7 nitrogen and oxygen atoms in total. The van der Waals surface area contributed by atoms with Crippen molar-refractivity contribution in [3.63, 3.8) is 0 Å². The normalized spacial score (nSPS) is 11.3. The lowest BCUT2D eigenvalue weighted by Crippen LogP contribution is -2.15. The molecule has 0 fully saturated rings. The number of hydrogen-bond donors (Lipinski definition) is 2. The molecule has 0 aliphatic heterocycles. The lowest BCUT2D eigenvalue weighted by atomic mass is 10.4. The fourth-order valence-corrected chi connectivity index (χ4v) is 2.95. The highest BCUT2D eigenvalue weighted by Crippen LogP contribution is 2.22. The van der Waals surface area contributed by atoms with Crippen LogP contribution in [0.4, 0.5) is 11.4 Å². The van der Waals surface area contributed by atoms with Crippen molar-refractivity contribution in [3.05, 3.63) is 30.9 Å². The van der Waals surface area contributed by atoms with E-state index in [1.165, 1.54) is 12.4 Å². The van der Waals surface area contributed by atoms with Crippen LogP contribution >= 0.6 is 0 Å². The molecule has 2 aromatic heterocycles. The maximum atomic E-state index is 12.5. The van der Waals surface area contributed by atoms with E-state index in [1.807, 2.05) is 13.8 Å². The van der Waals surface area contributed by atoms with Crippen molar-refractivity contribution in [2.75, 3.05) is 16.6 Å². The summed E-state index contributed by atoms with van der Waals surface area (Å²) < 4.78 is 29.1. The van der Waals surface area contributed by atoms with Crippen molar-refractivity contribution in [1.29, 1.82) is 0 Å². The molecule has 0 amide bonds. The highest BCUT2D eigenvalue weighted by Gasteiger charge is 2.19. The SMILES string of the molecule is CCCNc1ccncc1S(=O)(=O)Nc1cnn(CC)c1. The van der Waals surface area contributed by atoms with Gasteiger partial charge in [0.05, 0.1) is 17.6 Å². The first kappa shape index (κ1) is 15.3. The minimum atomic E-state index is -3.70. The quantitative estimate of drug-likeness (QED) is 0.815. The van der Waals surface area contributed by atoms with Gasteiger partial charge in [-0.15, -0.1) is 0 Å². The number of sulfonamides is 1. The summed E-state index contributed by atoms with van der Waals surface area (Å²) in [6, 6.07) is 1.65. The Hall–Kier alpha value is -2.09. The summed E-state index contributed by atoms with van der Waals surface area (Å²) in [5, 5.41) is 7.13. The number of anilines is 2. The second-order valence-corrected chi connectivity index (χ2v) is 6.14. The third-order valence-corrected chi connectivity index (χ3v) is 4.26. The third kappa shape index (κ3) is 3.72. The predicted molar refractivity (Wildman–Crippen MR) is 81.7 cm³/mol. The fraction of sp³-hybridized carbons (Fsp3) is 0.385. The first-order valence-electron chi connectivity index (χ1n) is 6.80. The van der Waals surface area contributed by atoms with Gasteiger partial charge in [-0.05, 0) is 19.4 Å². The van der Waals surface area contributed by atoms with Crippen LogP contribution in [0, 0.1) is 0 Å². The number of hydrogen-bond acceptors (Lipinski definition) is 5. The molecule has 0 radical (unpaired) electrons. The fourth-order valence-electron chi connectivity index (χ4n) is 1.80. The van der Waals surface area contributed by atoms with Crippen LogP contribution in [-0.4, -0.2) is 29.7 Å². The molecule has 2 heterocycles. The van der Waals surface area contributed by atoms with Gasteiger partial charge in [0.1, 0.15) is 4.90 Å². The standard InChI is InChI=1S/C13H19N5O2S/c1-3-6-15-12-5-7-14-9-13(12)21(19,20)17-11-8-16-18(4-2)10-11/h5,7-10,17H,3-4,6H2,1-2H3,(H,14,15). The molecule has 2 N–H and O–H groups in total. The molecule has 8 heteroatoms. The highest BCUT2D eigenvalue weighted by molar-refractivity contribution is 7.92. The van der Waals surface area contributed by atoms with E-state index in [9.17, 15) is 8.42 Å². The van der Waals surface area contributed by atoms with E-state index < -0.39 is 10.0 Å². The van der Waals surface area contributed by atoms with Gasteiger partial charge in [0.25, 0.3) is 10.0 Å². The van der Waals surface area contributed by atoms with E-state index >= 15 is 0 Å². The lowest BCUT2D eigenvalue weighted by Gasteiger charge is -2.11. The van der Waals surface area contributed by atoms with Crippen molar-refractivity contribution in [2.24, 2.45) is 0 Å². The van der Waals surface area contributed by atoms with E-state index in [4.69, 9.17) is 0 Å². The molecule has 2 aromatic rings. The van der Waals surface area contributed by atoms with Gasteiger partial charge in [0.2, 0.25) is 0 Å². The monoisotopic (exact) mass is 309 g/mol. The Morgan fingerprint density at radius 1 is 1.29 bits per heavy atom. The second kappa shape index (κ2) is 6.57. The topological polar surface area (TPSA) is 88.9 Å². The van der Waals surface area contributed by atoms with Crippen LogP contribution in [0.15, 0.2) is 35.7 Å². The average Bonchev–Trinajstić information content (AvgIpc) is 2.92. The van der Waals surface area contributed by atoms with Crippen LogP contribution in [0.2, 0.25) is 0 Å². The minimum absolute atomic E-state index is 0.127. The molecule has 0 spiro atoms. The van der Waals surface area contributed by atoms with Gasteiger partial charge in [0.15, 0.2) is 0 Å². The number of nitrogens with zero attached hydrogens (tertiary/aromatic N) is 3. The lowest BCUT2D eigenvalue weighted by molar-refractivity contribution is 0.601. The van der Waals surface area contributed by atoms with Gasteiger partial charge >= 0.3 is 0 Å². The zero-order valence-corrected chi connectivity index (χ0v) is 12.9. The molecule has 0 saturated heterocycles. The summed E-state index contributed by atoms with van der Waals surface area (Å²) in [7, 11) is -3.70. The molecular weight excluding hydrogens is 290 g/mol. The largest absolute Gasteiger partial charge is 0.384 e. The molecule has 0 aliphatic carbocycles. The van der Waals surface area contributed by atoms with Gasteiger partial charge < -0.3 is 5.32 Å². The Morgan fingerprint density at radius 2 is 2.10 bits per heavy atom. The Bertz CT molecular complexity index is 696. The van der Waals surface area contributed by atoms with Gasteiger partial charge in [-0.3, -0.25) is 14.4 Å². The predicted octanol–water partition coefficient (Wildman–Crippen LogP) is 1.92. The van der Waals surface area contributed by atoms with Gasteiger partial charge in [-0.1, -0.05) is 6.92 Å². The van der Waals surface area contributed by atoms with Crippen LogP contribution in [0.3, 0.4) is 0 Å². The molecule has 0 bridgehead atoms. The number of aryl methyl sites for hydroxylation is 1. The molecule has 2 rings (SSSR count). The van der Waals surface area contributed by atoms with Crippen molar-refractivity contribution < 1.29 is 8.42 Å². The molecule has 0 saturated carbocycles. The van der Waals surface area contributed by atoms with Gasteiger partial charge in [0, 0.05) is 31.7 Å². The van der Waals surface area contributed by atoms with Crippen molar-refractivity contribution in [3.8, 4) is 0 Å². The molecule has 114 valence electrons. The number of aromatic nitrogens is 3. The summed E-state index contributed by atoms with van der Waals surface area (Å²) in [5.74, 6) is 0. The molecular formula is C13H19N5O2S. The first-order valence-corrected chi connectivity index (χ1v) is 8.28. The van der Waals surface area contributed by atoms with E-state index in [1.54, 1.807) is 23.1 Å². The van der Waals surface area contributed by atoms with E-state index in [0.717, 1.165) is 6.42 Å². The van der Waals surface area contributed by atoms with Gasteiger partial charge in [-0.25, -0.2) is 8.42 Å². The van der Waals surface area contributed by atoms with Crippen LogP contribution in [0.25, 0.3) is 0 Å². The smallest absolute Gasteiger partial charge is 0.265 e. The molecule has 0 aliphatic rings. The van der Waals surface area contributed by atoms with E-state index in [-0.39, 0.29) is 4.90 Å². The maximum absolute atomic E-state index is 12.5. The van der Waals surface area contributed by atoms with Gasteiger partial charge in [-0.2, -0.15) is 5.10 Å². The van der Waals surface area contributed by atoms with Crippen LogP contribution in [0.5, 0.6) is 0 Å². The zero-order valence-electron chi connectivity index (χ0n) is 12.1. The first-order chi connectivity index (χ1) is 10.1. The average molecular weight is 309 g/mol. The number of rotatable bonds is 7. The molecule has 0 unspecified atom stereocenters. The van der Waals surface area contributed by atoms with Crippen molar-refractivity contribution in [1.82, 2.24) is 14.8 Å². The summed E-state index contributed by atoms with van der Waals surface area (Å²) in [4.78, 5) is 4.03.